The zero-order valence-electron chi connectivity index (χ0n) is 25.4. The number of rotatable bonds is 14. The molecule has 0 radical (unpaired) electrons. The number of nitrogens with one attached hydrogen (secondary N) is 1. The third-order valence-corrected chi connectivity index (χ3v) is 7.78. The van der Waals surface area contributed by atoms with Crippen molar-refractivity contribution < 1.29 is 14.3 Å². The van der Waals surface area contributed by atoms with Crippen molar-refractivity contribution in [3.8, 4) is 11.4 Å². The molecule has 42 heavy (non-hydrogen) atoms. The average molecular weight is 568 g/mol. The molecule has 0 aliphatic carbocycles. The van der Waals surface area contributed by atoms with Gasteiger partial charge in [-0.15, -0.1) is 0 Å². The van der Waals surface area contributed by atoms with Crippen LogP contribution in [0.25, 0.3) is 22.3 Å². The summed E-state index contributed by atoms with van der Waals surface area (Å²) in [5.41, 5.74) is 3.38. The minimum Gasteiger partial charge on any atom is -0.477 e. The van der Waals surface area contributed by atoms with Gasteiger partial charge in [0.1, 0.15) is 11.5 Å². The fourth-order valence-electron chi connectivity index (χ4n) is 5.59. The summed E-state index contributed by atoms with van der Waals surface area (Å²) >= 11 is 0. The maximum atomic E-state index is 14.0. The van der Waals surface area contributed by atoms with Crippen LogP contribution in [0.15, 0.2) is 78.1 Å². The molecule has 1 atom stereocenters. The van der Waals surface area contributed by atoms with E-state index in [-0.39, 0.29) is 29.5 Å². The molecule has 220 valence electrons. The van der Waals surface area contributed by atoms with Gasteiger partial charge in [-0.05, 0) is 56.4 Å². The largest absolute Gasteiger partial charge is 0.477 e. The van der Waals surface area contributed by atoms with Crippen molar-refractivity contribution in [1.82, 2.24) is 14.9 Å². The van der Waals surface area contributed by atoms with E-state index in [0.717, 1.165) is 22.2 Å². The van der Waals surface area contributed by atoms with Crippen LogP contribution in [0, 0.1) is 5.92 Å². The molecule has 3 heterocycles. The average Bonchev–Trinajstić information content (AvgIpc) is 3.33. The number of allylic oxidation sites excluding steroid dienone is 2. The number of nitrogens with zero attached hydrogens (tertiary/aromatic N) is 2. The molecule has 1 aliphatic rings. The van der Waals surface area contributed by atoms with Crippen molar-refractivity contribution in [1.29, 1.82) is 0 Å². The summed E-state index contributed by atoms with van der Waals surface area (Å²) in [4.78, 5) is 44.2. The van der Waals surface area contributed by atoms with Crippen molar-refractivity contribution in [2.75, 3.05) is 0 Å². The van der Waals surface area contributed by atoms with Crippen LogP contribution in [0.4, 0.5) is 0 Å². The zero-order valence-corrected chi connectivity index (χ0v) is 25.4. The van der Waals surface area contributed by atoms with Gasteiger partial charge in [-0.2, -0.15) is 0 Å². The van der Waals surface area contributed by atoms with Gasteiger partial charge in [0.15, 0.2) is 5.60 Å². The summed E-state index contributed by atoms with van der Waals surface area (Å²) in [6.45, 7) is 17.7. The van der Waals surface area contributed by atoms with Gasteiger partial charge in [0.05, 0.1) is 23.4 Å². The van der Waals surface area contributed by atoms with E-state index in [9.17, 15) is 14.4 Å². The summed E-state index contributed by atoms with van der Waals surface area (Å²) in [6.07, 6.45) is 5.13. The first kappa shape index (κ1) is 30.7. The number of aromatic nitrogens is 2. The Morgan fingerprint density at radius 1 is 1.19 bits per heavy atom. The molecular weight excluding hydrogens is 526 g/mol. The maximum Gasteiger partial charge on any atom is 0.255 e. The Morgan fingerprint density at radius 2 is 1.93 bits per heavy atom. The van der Waals surface area contributed by atoms with E-state index in [2.05, 4.69) is 38.4 Å². The Morgan fingerprint density at radius 3 is 2.57 bits per heavy atom. The predicted molar refractivity (Wildman–Crippen MR) is 168 cm³/mol. The highest BCUT2D eigenvalue weighted by Gasteiger charge is 2.43. The molecular formula is C35H41N3O4. The highest BCUT2D eigenvalue weighted by Crippen LogP contribution is 2.40. The van der Waals surface area contributed by atoms with Crippen molar-refractivity contribution in [3.05, 3.63) is 100 Å². The minimum atomic E-state index is -1.47. The number of ether oxygens (including phenoxy) is 1. The molecule has 0 amide bonds. The van der Waals surface area contributed by atoms with Crippen LogP contribution in [0.3, 0.4) is 0 Å². The van der Waals surface area contributed by atoms with Gasteiger partial charge >= 0.3 is 0 Å². The third kappa shape index (κ3) is 6.01. The highest BCUT2D eigenvalue weighted by molar-refractivity contribution is 5.98. The number of hydrogen-bond donors (Lipinski definition) is 1. The summed E-state index contributed by atoms with van der Waals surface area (Å²) in [5, 5.41) is 4.18. The fourth-order valence-corrected chi connectivity index (χ4v) is 5.59. The van der Waals surface area contributed by atoms with E-state index in [1.165, 1.54) is 6.08 Å². The summed E-state index contributed by atoms with van der Waals surface area (Å²) in [7, 11) is 0. The Balaban J connectivity index is 1.87. The molecule has 0 spiro atoms. The summed E-state index contributed by atoms with van der Waals surface area (Å²) < 4.78 is 8.48. The number of benzene rings is 1. The molecule has 2 aromatic heterocycles. The van der Waals surface area contributed by atoms with Gasteiger partial charge in [-0.25, -0.2) is 4.98 Å². The van der Waals surface area contributed by atoms with Gasteiger partial charge < -0.3 is 19.4 Å². The molecule has 1 N–H and O–H groups in total. The molecule has 7 nitrogen and oxygen atoms in total. The molecule has 1 aliphatic heterocycles. The van der Waals surface area contributed by atoms with Crippen LogP contribution in [-0.2, 0) is 32.9 Å². The van der Waals surface area contributed by atoms with E-state index in [1.807, 2.05) is 44.2 Å². The number of fused-ring (bicyclic) bond motifs is 4. The molecule has 0 saturated carbocycles. The lowest BCUT2D eigenvalue weighted by atomic mass is 9.82. The van der Waals surface area contributed by atoms with Crippen LogP contribution in [0.1, 0.15) is 77.0 Å². The first-order valence-electron chi connectivity index (χ1n) is 14.7. The predicted octanol–water partition coefficient (Wildman–Crippen LogP) is 6.72. The molecule has 4 rings (SSSR count). The number of Topliss-reactive ketones (excluding diaryl/α,β-unsaturated/α-hetero) is 1. The normalized spacial score (nSPS) is 13.8. The second-order valence-electron chi connectivity index (χ2n) is 11.4. The number of ketones is 2. The van der Waals surface area contributed by atoms with Gasteiger partial charge in [0, 0.05) is 46.8 Å². The number of hydrogen-bond acceptors (Lipinski definition) is 6. The quantitative estimate of drug-likeness (QED) is 0.134. The third-order valence-electron chi connectivity index (χ3n) is 7.78. The Labute approximate surface area is 248 Å². The number of carbonyl (C=O) groups is 2. The lowest BCUT2D eigenvalue weighted by Crippen LogP contribution is -2.41. The van der Waals surface area contributed by atoms with Gasteiger partial charge in [0.2, 0.25) is 5.78 Å². The van der Waals surface area contributed by atoms with E-state index in [0.29, 0.717) is 60.5 Å². The molecule has 3 aromatic rings. The van der Waals surface area contributed by atoms with E-state index in [4.69, 9.17) is 9.72 Å². The summed E-state index contributed by atoms with van der Waals surface area (Å²) in [6, 6.07) is 11.9. The first-order chi connectivity index (χ1) is 20.0. The van der Waals surface area contributed by atoms with E-state index in [1.54, 1.807) is 17.7 Å². The highest BCUT2D eigenvalue weighted by atomic mass is 16.5. The topological polar surface area (TPSA) is 90.3 Å². The first-order valence-corrected chi connectivity index (χ1v) is 14.7. The Bertz CT molecular complexity index is 1650. The van der Waals surface area contributed by atoms with Gasteiger partial charge in [-0.3, -0.25) is 9.59 Å². The summed E-state index contributed by atoms with van der Waals surface area (Å²) in [5.74, 6) is 0.538. The van der Waals surface area contributed by atoms with Crippen molar-refractivity contribution in [2.45, 2.75) is 78.9 Å². The second-order valence-corrected chi connectivity index (χ2v) is 11.4. The van der Waals surface area contributed by atoms with Crippen LogP contribution >= 0.6 is 0 Å². The van der Waals surface area contributed by atoms with Crippen molar-refractivity contribution in [3.63, 3.8) is 0 Å². The zero-order chi connectivity index (χ0) is 30.6. The lowest BCUT2D eigenvalue weighted by molar-refractivity contribution is -0.136. The maximum absolute atomic E-state index is 14.0. The smallest absolute Gasteiger partial charge is 0.255 e. The molecule has 7 heteroatoms. The van der Waals surface area contributed by atoms with Crippen molar-refractivity contribution >= 4 is 22.5 Å². The molecule has 0 saturated heterocycles. The minimum absolute atomic E-state index is 0.0845. The number of para-hydroxylation sites is 1. The van der Waals surface area contributed by atoms with Gasteiger partial charge in [0.25, 0.3) is 5.56 Å². The monoisotopic (exact) mass is 567 g/mol. The van der Waals surface area contributed by atoms with Gasteiger partial charge in [-0.1, -0.05) is 59.1 Å². The SMILES string of the molecule is C=CC(=O)C(CC)(O/C(=C/NC(=C)CCC(C)=O)CC(C)C)c1cc2n(c(=O)c1CC)Cc1cc3ccccc3nc1-2. The number of pyridine rings is 2. The van der Waals surface area contributed by atoms with Crippen LogP contribution in [-0.4, -0.2) is 21.1 Å². The van der Waals surface area contributed by atoms with E-state index < -0.39 is 5.60 Å². The van der Waals surface area contributed by atoms with E-state index >= 15 is 0 Å². The lowest BCUT2D eigenvalue weighted by Gasteiger charge is -2.35. The second kappa shape index (κ2) is 12.7. The fraction of sp³-hybridized carbons (Fsp3) is 0.371. The van der Waals surface area contributed by atoms with Crippen LogP contribution in [0.5, 0.6) is 0 Å². The Hall–Kier alpha value is -4.26. The molecule has 1 unspecified atom stereocenters. The van der Waals surface area contributed by atoms with Crippen LogP contribution < -0.4 is 10.9 Å². The van der Waals surface area contributed by atoms with Crippen molar-refractivity contribution in [2.24, 2.45) is 5.92 Å². The van der Waals surface area contributed by atoms with Crippen LogP contribution in [0.2, 0.25) is 0 Å². The molecule has 0 bridgehead atoms. The standard InChI is InChI=1S/C35H41N3O4/c1-8-28-29(19-31-33-26(21-38(31)34(28)41)18-25-13-11-12-14-30(25)37-33)35(10-3,32(40)9-2)42-27(17-22(4)5)20-36-23(6)15-16-24(7)39/h9,11-14,18-20,22,36H,2,6,8,10,15-17,21H2,1,3-5,7H3/b27-20+. The number of carbonyl (C=O) groups excluding carboxylic acids is 2. The molecule has 0 fully saturated rings. The molecule has 1 aromatic carbocycles. The Kier molecular flexibility index (Phi) is 9.30.